The molecule has 0 saturated heterocycles. The first-order valence-electron chi connectivity index (χ1n) is 41.6. The Hall–Kier alpha value is -1.94. The monoisotopic (exact) mass is 1450 g/mol. The number of phosphoric ester groups is 2. The van der Waals surface area contributed by atoms with Gasteiger partial charge in [0.15, 0.2) is 12.2 Å². The van der Waals surface area contributed by atoms with Crippen LogP contribution in [0.1, 0.15) is 426 Å². The summed E-state index contributed by atoms with van der Waals surface area (Å²) in [7, 11) is -9.91. The van der Waals surface area contributed by atoms with Crippen LogP contribution in [0.4, 0.5) is 0 Å². The summed E-state index contributed by atoms with van der Waals surface area (Å²) < 4.78 is 68.5. The molecule has 5 atom stereocenters. The van der Waals surface area contributed by atoms with Gasteiger partial charge in [0.05, 0.1) is 26.4 Å². The van der Waals surface area contributed by atoms with E-state index in [2.05, 4.69) is 34.6 Å². The summed E-state index contributed by atoms with van der Waals surface area (Å²) in [6.07, 6.45) is 64.2. The zero-order valence-corrected chi connectivity index (χ0v) is 66.4. The molecule has 0 saturated carbocycles. The van der Waals surface area contributed by atoms with Crippen LogP contribution in [0.25, 0.3) is 0 Å². The topological polar surface area (TPSA) is 237 Å². The highest BCUT2D eigenvalue weighted by atomic mass is 31.2. The number of carbonyl (C=O) groups is 4. The van der Waals surface area contributed by atoms with E-state index in [-0.39, 0.29) is 25.7 Å². The summed E-state index contributed by atoms with van der Waals surface area (Å²) in [6, 6.07) is 0. The van der Waals surface area contributed by atoms with Crippen molar-refractivity contribution >= 4 is 39.5 Å². The first-order chi connectivity index (χ1) is 48.0. The third-order valence-corrected chi connectivity index (χ3v) is 20.7. The molecule has 0 aliphatic rings. The maximum atomic E-state index is 13.1. The van der Waals surface area contributed by atoms with Crippen molar-refractivity contribution in [1.82, 2.24) is 0 Å². The van der Waals surface area contributed by atoms with Gasteiger partial charge in [-0.05, 0) is 31.6 Å². The van der Waals surface area contributed by atoms with Crippen molar-refractivity contribution in [1.29, 1.82) is 0 Å². The van der Waals surface area contributed by atoms with Gasteiger partial charge in [0.25, 0.3) is 0 Å². The van der Waals surface area contributed by atoms with Crippen molar-refractivity contribution in [3.8, 4) is 0 Å². The maximum Gasteiger partial charge on any atom is 0.472 e. The minimum absolute atomic E-state index is 0.105. The highest BCUT2D eigenvalue weighted by Crippen LogP contribution is 2.45. The summed E-state index contributed by atoms with van der Waals surface area (Å²) in [4.78, 5) is 72.8. The summed E-state index contributed by atoms with van der Waals surface area (Å²) in [5.41, 5.74) is 0. The lowest BCUT2D eigenvalue weighted by molar-refractivity contribution is -0.161. The Kier molecular flexibility index (Phi) is 71.6. The lowest BCUT2D eigenvalue weighted by atomic mass is 10.0. The SMILES string of the molecule is CCCCCCCCCCCCCCCCCCCCCCCC(=O)O[C@H](COC(=O)CCCCCCCCCCCCCCCCCCCCC)COP(=O)(O)OC[C@@H](O)COP(=O)(O)OC[C@@H](COC(=O)CCCCCCCCCC)OC(=O)CCCCCCCCCCC(C)C. The second-order valence-corrected chi connectivity index (χ2v) is 32.2. The number of aliphatic hydroxyl groups excluding tert-OH is 1. The quantitative estimate of drug-likeness (QED) is 0.0222. The van der Waals surface area contributed by atoms with E-state index < -0.39 is 97.5 Å². The molecule has 0 aliphatic carbocycles. The van der Waals surface area contributed by atoms with E-state index in [0.717, 1.165) is 102 Å². The highest BCUT2D eigenvalue weighted by Gasteiger charge is 2.30. The van der Waals surface area contributed by atoms with Gasteiger partial charge in [-0.25, -0.2) is 9.13 Å². The number of rotatable bonds is 80. The van der Waals surface area contributed by atoms with E-state index in [1.807, 2.05) is 0 Å². The molecule has 588 valence electrons. The zero-order chi connectivity index (χ0) is 72.7. The fourth-order valence-electron chi connectivity index (χ4n) is 12.4. The molecule has 0 aromatic carbocycles. The van der Waals surface area contributed by atoms with E-state index in [1.54, 1.807) is 0 Å². The summed E-state index contributed by atoms with van der Waals surface area (Å²) in [6.45, 7) is 7.24. The van der Waals surface area contributed by atoms with Crippen molar-refractivity contribution in [3.05, 3.63) is 0 Å². The van der Waals surface area contributed by atoms with E-state index in [9.17, 15) is 43.2 Å². The first kappa shape index (κ1) is 97.1. The second kappa shape index (κ2) is 73.0. The zero-order valence-electron chi connectivity index (χ0n) is 64.6. The maximum absolute atomic E-state index is 13.1. The molecule has 0 heterocycles. The van der Waals surface area contributed by atoms with Crippen molar-refractivity contribution in [2.75, 3.05) is 39.6 Å². The summed E-state index contributed by atoms with van der Waals surface area (Å²) in [5, 5.41) is 10.6. The Balaban J connectivity index is 5.17. The number of unbranched alkanes of at least 4 members (excludes halogenated alkanes) is 52. The lowest BCUT2D eigenvalue weighted by Crippen LogP contribution is -2.30. The predicted molar refractivity (Wildman–Crippen MR) is 405 cm³/mol. The predicted octanol–water partition coefficient (Wildman–Crippen LogP) is 24.0. The molecular formula is C80H156O17P2. The number of esters is 4. The molecule has 99 heavy (non-hydrogen) atoms. The number of hydrogen-bond acceptors (Lipinski definition) is 15. The van der Waals surface area contributed by atoms with Crippen LogP contribution >= 0.6 is 15.6 Å². The number of ether oxygens (including phenoxy) is 4. The van der Waals surface area contributed by atoms with Crippen LogP contribution in [0.15, 0.2) is 0 Å². The Morgan fingerprint density at radius 1 is 0.273 bits per heavy atom. The van der Waals surface area contributed by atoms with E-state index in [1.165, 1.54) is 244 Å². The minimum Gasteiger partial charge on any atom is -0.462 e. The molecule has 19 heteroatoms. The molecule has 0 aliphatic heterocycles. The van der Waals surface area contributed by atoms with Crippen molar-refractivity contribution in [2.45, 2.75) is 445 Å². The van der Waals surface area contributed by atoms with Crippen LogP contribution < -0.4 is 0 Å². The van der Waals surface area contributed by atoms with Crippen LogP contribution in [0.2, 0.25) is 0 Å². The number of hydrogen-bond donors (Lipinski definition) is 3. The Labute approximate surface area is 607 Å². The first-order valence-corrected chi connectivity index (χ1v) is 44.6. The van der Waals surface area contributed by atoms with Gasteiger partial charge >= 0.3 is 39.5 Å². The Bertz CT molecular complexity index is 1890. The van der Waals surface area contributed by atoms with Gasteiger partial charge < -0.3 is 33.8 Å². The van der Waals surface area contributed by atoms with Gasteiger partial charge in [-0.15, -0.1) is 0 Å². The van der Waals surface area contributed by atoms with Crippen molar-refractivity contribution in [3.63, 3.8) is 0 Å². The third-order valence-electron chi connectivity index (χ3n) is 18.8. The van der Waals surface area contributed by atoms with Gasteiger partial charge in [0.1, 0.15) is 19.3 Å². The average molecular weight is 1450 g/mol. The molecule has 17 nitrogen and oxygen atoms in total. The minimum atomic E-state index is -4.96. The van der Waals surface area contributed by atoms with E-state index in [4.69, 9.17) is 37.0 Å². The standard InChI is InChI=1S/C80H156O17P2/c1-6-9-12-15-18-21-23-25-27-29-31-32-34-36-38-40-42-44-50-55-60-65-79(84)96-76(70-91-78(83)64-59-54-49-43-41-39-37-35-33-30-28-26-24-22-19-16-13-10-7-2)72-95-99(88,89)93-68-74(81)67-92-98(86,87)94-71-75(69-90-77(82)63-58-53-48-20-17-14-11-8-3)97-80(85)66-61-56-51-46-45-47-52-57-62-73(4)5/h73-76,81H,6-72H2,1-5H3,(H,86,87)(H,88,89)/t74-,75+,76+/m0/s1. The van der Waals surface area contributed by atoms with Gasteiger partial charge in [0.2, 0.25) is 0 Å². The molecule has 3 N–H and O–H groups in total. The van der Waals surface area contributed by atoms with Crippen LogP contribution in [-0.4, -0.2) is 96.7 Å². The molecule has 0 bridgehead atoms. The average Bonchev–Trinajstić information content (AvgIpc) is 1.58. The fourth-order valence-corrected chi connectivity index (χ4v) is 14.0. The normalized spacial score (nSPS) is 13.9. The van der Waals surface area contributed by atoms with Crippen LogP contribution in [-0.2, 0) is 65.4 Å². The molecule has 0 fully saturated rings. The molecule has 0 spiro atoms. The van der Waals surface area contributed by atoms with Crippen molar-refractivity contribution in [2.24, 2.45) is 5.92 Å². The summed E-state index contributed by atoms with van der Waals surface area (Å²) in [5.74, 6) is -1.40. The lowest BCUT2D eigenvalue weighted by Gasteiger charge is -2.21. The largest absolute Gasteiger partial charge is 0.472 e. The molecule has 2 unspecified atom stereocenters. The van der Waals surface area contributed by atoms with Crippen molar-refractivity contribution < 1.29 is 80.2 Å². The van der Waals surface area contributed by atoms with Crippen LogP contribution in [0.5, 0.6) is 0 Å². The van der Waals surface area contributed by atoms with Crippen LogP contribution in [0, 0.1) is 5.92 Å². The Morgan fingerprint density at radius 3 is 0.687 bits per heavy atom. The molecular weight excluding hydrogens is 1290 g/mol. The second-order valence-electron chi connectivity index (χ2n) is 29.3. The number of aliphatic hydroxyl groups is 1. The molecule has 0 rings (SSSR count). The third kappa shape index (κ3) is 74.1. The van der Waals surface area contributed by atoms with Crippen LogP contribution in [0.3, 0.4) is 0 Å². The fraction of sp³-hybridized carbons (Fsp3) is 0.950. The number of carbonyl (C=O) groups excluding carboxylic acids is 4. The smallest absolute Gasteiger partial charge is 0.462 e. The molecule has 0 radical (unpaired) electrons. The Morgan fingerprint density at radius 2 is 0.465 bits per heavy atom. The molecule has 0 aromatic rings. The van der Waals surface area contributed by atoms with Gasteiger partial charge in [-0.3, -0.25) is 37.3 Å². The molecule has 0 aromatic heterocycles. The van der Waals surface area contributed by atoms with Gasteiger partial charge in [-0.1, -0.05) is 375 Å². The summed E-state index contributed by atoms with van der Waals surface area (Å²) >= 11 is 0. The van der Waals surface area contributed by atoms with Gasteiger partial charge in [0, 0.05) is 25.7 Å². The number of phosphoric acid groups is 2. The van der Waals surface area contributed by atoms with E-state index >= 15 is 0 Å². The highest BCUT2D eigenvalue weighted by molar-refractivity contribution is 7.47. The van der Waals surface area contributed by atoms with E-state index in [0.29, 0.717) is 25.7 Å². The molecule has 0 amide bonds. The van der Waals surface area contributed by atoms with Gasteiger partial charge in [-0.2, -0.15) is 0 Å².